The van der Waals surface area contributed by atoms with Gasteiger partial charge in [0.25, 0.3) is 5.91 Å². The van der Waals surface area contributed by atoms with Crippen molar-refractivity contribution in [2.45, 2.75) is 33.8 Å². The summed E-state index contributed by atoms with van der Waals surface area (Å²) in [6, 6.07) is 5.77. The van der Waals surface area contributed by atoms with Gasteiger partial charge in [0.1, 0.15) is 0 Å². The third kappa shape index (κ3) is 4.91. The van der Waals surface area contributed by atoms with Gasteiger partial charge in [-0.05, 0) is 51.5 Å². The molecule has 0 heterocycles. The van der Waals surface area contributed by atoms with Crippen LogP contribution < -0.4 is 10.6 Å². The van der Waals surface area contributed by atoms with Crippen molar-refractivity contribution in [3.8, 4) is 0 Å². The topological polar surface area (TPSA) is 50.4 Å². The number of anilines is 1. The maximum Gasteiger partial charge on any atom is 0.251 e. The minimum atomic E-state index is -0.0490. The molecule has 1 aromatic carbocycles. The molecule has 0 aliphatic heterocycles. The van der Waals surface area contributed by atoms with Crippen LogP contribution >= 0.6 is 0 Å². The van der Waals surface area contributed by atoms with E-state index in [1.165, 1.54) is 0 Å². The Morgan fingerprint density at radius 3 is 2.68 bits per heavy atom. The van der Waals surface area contributed by atoms with E-state index in [-0.39, 0.29) is 12.0 Å². The van der Waals surface area contributed by atoms with Crippen LogP contribution in [0.15, 0.2) is 18.2 Å². The first-order valence-corrected chi connectivity index (χ1v) is 6.82. The largest absolute Gasteiger partial charge is 0.385 e. The van der Waals surface area contributed by atoms with Crippen LogP contribution in [0.2, 0.25) is 0 Å². The Morgan fingerprint density at radius 2 is 2.11 bits per heavy atom. The van der Waals surface area contributed by atoms with Crippen LogP contribution in [-0.4, -0.2) is 31.7 Å². The predicted molar refractivity (Wildman–Crippen MR) is 78.8 cm³/mol. The first kappa shape index (κ1) is 15.5. The lowest BCUT2D eigenvalue weighted by molar-refractivity contribution is 0.0695. The zero-order valence-corrected chi connectivity index (χ0v) is 12.2. The van der Waals surface area contributed by atoms with Gasteiger partial charge < -0.3 is 15.4 Å². The smallest absolute Gasteiger partial charge is 0.251 e. The molecule has 19 heavy (non-hydrogen) atoms. The van der Waals surface area contributed by atoms with Gasteiger partial charge in [-0.2, -0.15) is 0 Å². The third-order valence-corrected chi connectivity index (χ3v) is 2.85. The van der Waals surface area contributed by atoms with Gasteiger partial charge in [-0.25, -0.2) is 0 Å². The number of carbonyl (C=O) groups is 1. The van der Waals surface area contributed by atoms with Gasteiger partial charge in [0, 0.05) is 30.9 Å². The molecular weight excluding hydrogens is 240 g/mol. The molecule has 0 bridgehead atoms. The van der Waals surface area contributed by atoms with E-state index >= 15 is 0 Å². The molecule has 1 amide bonds. The molecule has 1 unspecified atom stereocenters. The molecule has 0 fully saturated rings. The summed E-state index contributed by atoms with van der Waals surface area (Å²) in [5.74, 6) is -0.0490. The van der Waals surface area contributed by atoms with Gasteiger partial charge in [-0.15, -0.1) is 0 Å². The monoisotopic (exact) mass is 264 g/mol. The van der Waals surface area contributed by atoms with Crippen molar-refractivity contribution in [1.82, 2.24) is 5.32 Å². The van der Waals surface area contributed by atoms with E-state index < -0.39 is 0 Å². The molecule has 4 heteroatoms. The molecule has 0 aliphatic carbocycles. The van der Waals surface area contributed by atoms with E-state index in [1.54, 1.807) is 0 Å². The van der Waals surface area contributed by atoms with E-state index in [2.05, 4.69) is 10.6 Å². The van der Waals surface area contributed by atoms with Crippen LogP contribution in [0.25, 0.3) is 0 Å². The lowest BCUT2D eigenvalue weighted by atomic mass is 10.1. The summed E-state index contributed by atoms with van der Waals surface area (Å²) >= 11 is 0. The fourth-order valence-electron chi connectivity index (χ4n) is 1.91. The second-order valence-corrected chi connectivity index (χ2v) is 4.54. The molecule has 106 valence electrons. The van der Waals surface area contributed by atoms with Gasteiger partial charge in [0.2, 0.25) is 0 Å². The molecule has 4 nitrogen and oxygen atoms in total. The third-order valence-electron chi connectivity index (χ3n) is 2.85. The van der Waals surface area contributed by atoms with E-state index in [0.29, 0.717) is 18.7 Å². The number of hydrogen-bond acceptors (Lipinski definition) is 3. The number of benzene rings is 1. The Labute approximate surface area is 115 Å². The highest BCUT2D eigenvalue weighted by atomic mass is 16.5. The molecular formula is C15H24N2O2. The van der Waals surface area contributed by atoms with Crippen molar-refractivity contribution in [2.24, 2.45) is 0 Å². The van der Waals surface area contributed by atoms with Gasteiger partial charge in [-0.3, -0.25) is 4.79 Å². The number of ether oxygens (including phenoxy) is 1. The Bertz CT molecular complexity index is 419. The summed E-state index contributed by atoms with van der Waals surface area (Å²) in [4.78, 5) is 12.1. The fraction of sp³-hybridized carbons (Fsp3) is 0.533. The summed E-state index contributed by atoms with van der Waals surface area (Å²) in [6.45, 7) is 9.95. The van der Waals surface area contributed by atoms with Crippen molar-refractivity contribution in [3.05, 3.63) is 29.3 Å². The van der Waals surface area contributed by atoms with Crippen molar-refractivity contribution in [3.63, 3.8) is 0 Å². The number of carbonyl (C=O) groups excluding carboxylic acids is 1. The molecule has 0 spiro atoms. The quantitative estimate of drug-likeness (QED) is 0.796. The summed E-state index contributed by atoms with van der Waals surface area (Å²) in [6.07, 6.45) is 0.0373. The molecule has 0 saturated heterocycles. The summed E-state index contributed by atoms with van der Waals surface area (Å²) in [5, 5.41) is 6.12. The zero-order valence-electron chi connectivity index (χ0n) is 12.2. The molecule has 0 aliphatic rings. The van der Waals surface area contributed by atoms with Gasteiger partial charge >= 0.3 is 0 Å². The number of rotatable bonds is 7. The van der Waals surface area contributed by atoms with Crippen LogP contribution in [-0.2, 0) is 4.74 Å². The molecule has 1 rings (SSSR count). The molecule has 0 saturated carbocycles. The summed E-state index contributed by atoms with van der Waals surface area (Å²) < 4.78 is 5.38. The van der Waals surface area contributed by atoms with Crippen LogP contribution in [0.3, 0.4) is 0 Å². The van der Waals surface area contributed by atoms with Gasteiger partial charge in [-0.1, -0.05) is 0 Å². The molecule has 0 radical (unpaired) electrons. The Balaban J connectivity index is 2.62. The van der Waals surface area contributed by atoms with E-state index in [9.17, 15) is 4.79 Å². The van der Waals surface area contributed by atoms with Gasteiger partial charge in [0.15, 0.2) is 0 Å². The van der Waals surface area contributed by atoms with Gasteiger partial charge in [0.05, 0.1) is 6.10 Å². The van der Waals surface area contributed by atoms with Crippen molar-refractivity contribution < 1.29 is 9.53 Å². The van der Waals surface area contributed by atoms with Crippen LogP contribution in [0.5, 0.6) is 0 Å². The Hall–Kier alpha value is -1.55. The average Bonchev–Trinajstić information content (AvgIpc) is 2.37. The number of aryl methyl sites for hydroxylation is 1. The normalized spacial score (nSPS) is 12.0. The fourth-order valence-corrected chi connectivity index (χ4v) is 1.91. The molecule has 2 N–H and O–H groups in total. The van der Waals surface area contributed by atoms with Crippen LogP contribution in [0, 0.1) is 6.92 Å². The van der Waals surface area contributed by atoms with Crippen molar-refractivity contribution in [2.75, 3.05) is 25.0 Å². The Morgan fingerprint density at radius 1 is 1.37 bits per heavy atom. The van der Waals surface area contributed by atoms with Crippen molar-refractivity contribution >= 4 is 11.6 Å². The second kappa shape index (κ2) is 7.79. The highest BCUT2D eigenvalue weighted by molar-refractivity contribution is 5.96. The van der Waals surface area contributed by atoms with E-state index in [4.69, 9.17) is 4.74 Å². The number of nitrogens with one attached hydrogen (secondary N) is 2. The lowest BCUT2D eigenvalue weighted by Gasteiger charge is -2.14. The maximum absolute atomic E-state index is 12.1. The number of hydrogen-bond donors (Lipinski definition) is 2. The Kier molecular flexibility index (Phi) is 6.36. The molecule has 0 aromatic heterocycles. The average molecular weight is 264 g/mol. The second-order valence-electron chi connectivity index (χ2n) is 4.54. The van der Waals surface area contributed by atoms with E-state index in [0.717, 1.165) is 17.8 Å². The van der Waals surface area contributed by atoms with Crippen molar-refractivity contribution in [1.29, 1.82) is 0 Å². The summed E-state index contributed by atoms with van der Waals surface area (Å²) in [7, 11) is 0. The maximum atomic E-state index is 12.1. The number of amides is 1. The summed E-state index contributed by atoms with van der Waals surface area (Å²) in [5.41, 5.74) is 2.73. The standard InChI is InChI=1S/C15H24N2O2/c1-5-16-13-7-8-14(11(3)9-13)15(18)17-10-12(4)19-6-2/h7-9,12,16H,5-6,10H2,1-4H3,(H,17,18). The minimum absolute atomic E-state index is 0.0373. The predicted octanol–water partition coefficient (Wildman–Crippen LogP) is 2.58. The first-order chi connectivity index (χ1) is 9.08. The zero-order chi connectivity index (χ0) is 14.3. The highest BCUT2D eigenvalue weighted by Gasteiger charge is 2.10. The lowest BCUT2D eigenvalue weighted by Crippen LogP contribution is -2.32. The van der Waals surface area contributed by atoms with E-state index in [1.807, 2.05) is 45.9 Å². The van der Waals surface area contributed by atoms with Crippen LogP contribution in [0.4, 0.5) is 5.69 Å². The SMILES string of the molecule is CCNc1ccc(C(=O)NCC(C)OCC)c(C)c1. The first-order valence-electron chi connectivity index (χ1n) is 6.82. The molecule has 1 aromatic rings. The minimum Gasteiger partial charge on any atom is -0.385 e. The molecule has 1 atom stereocenters. The van der Waals surface area contributed by atoms with Crippen LogP contribution in [0.1, 0.15) is 36.7 Å². The highest BCUT2D eigenvalue weighted by Crippen LogP contribution is 2.15.